The summed E-state index contributed by atoms with van der Waals surface area (Å²) in [5.74, 6) is 0.557. The van der Waals surface area contributed by atoms with Crippen LogP contribution in [0.2, 0.25) is 0 Å². The molecule has 0 bridgehead atoms. The van der Waals surface area contributed by atoms with Crippen molar-refractivity contribution in [3.8, 4) is 6.07 Å². The zero-order valence-electron chi connectivity index (χ0n) is 10.1. The minimum Gasteiger partial charge on any atom is -0.383 e. The summed E-state index contributed by atoms with van der Waals surface area (Å²) in [6.07, 6.45) is 1.84. The van der Waals surface area contributed by atoms with E-state index in [2.05, 4.69) is 24.8 Å². The fourth-order valence-corrected chi connectivity index (χ4v) is 2.41. The van der Waals surface area contributed by atoms with E-state index < -0.39 is 0 Å². The summed E-state index contributed by atoms with van der Waals surface area (Å²) >= 11 is 0. The van der Waals surface area contributed by atoms with Gasteiger partial charge in [-0.1, -0.05) is 13.8 Å². The van der Waals surface area contributed by atoms with Gasteiger partial charge in [-0.15, -0.1) is 0 Å². The van der Waals surface area contributed by atoms with Crippen LogP contribution in [-0.4, -0.2) is 38.3 Å². The van der Waals surface area contributed by atoms with Crippen molar-refractivity contribution in [3.63, 3.8) is 0 Å². The molecule has 0 aliphatic carbocycles. The van der Waals surface area contributed by atoms with Gasteiger partial charge in [-0.05, 0) is 24.3 Å². The Kier molecular flexibility index (Phi) is 4.56. The number of ether oxygens (including phenoxy) is 1. The maximum atomic E-state index is 8.77. The van der Waals surface area contributed by atoms with E-state index in [1.165, 1.54) is 0 Å². The molecule has 0 aromatic carbocycles. The fraction of sp³-hybridized carbons (Fsp3) is 0.917. The van der Waals surface area contributed by atoms with E-state index in [1.807, 2.05) is 0 Å². The lowest BCUT2D eigenvalue weighted by Gasteiger charge is -2.43. The van der Waals surface area contributed by atoms with E-state index in [4.69, 9.17) is 10.00 Å². The number of piperidine rings is 1. The lowest BCUT2D eigenvalue weighted by molar-refractivity contribution is 0.0405. The second kappa shape index (κ2) is 5.48. The first kappa shape index (κ1) is 12.5. The van der Waals surface area contributed by atoms with Crippen molar-refractivity contribution in [1.29, 1.82) is 5.26 Å². The topological polar surface area (TPSA) is 36.3 Å². The van der Waals surface area contributed by atoms with Gasteiger partial charge < -0.3 is 9.64 Å². The summed E-state index contributed by atoms with van der Waals surface area (Å²) in [7, 11) is 1.74. The first-order chi connectivity index (χ1) is 7.10. The van der Waals surface area contributed by atoms with E-state index in [1.54, 1.807) is 7.11 Å². The largest absolute Gasteiger partial charge is 0.383 e. The van der Waals surface area contributed by atoms with Crippen LogP contribution in [0.4, 0.5) is 0 Å². The lowest BCUT2D eigenvalue weighted by atomic mass is 9.72. The van der Waals surface area contributed by atoms with Crippen molar-refractivity contribution in [3.05, 3.63) is 0 Å². The molecule has 0 N–H and O–H groups in total. The molecule has 0 spiro atoms. The van der Waals surface area contributed by atoms with Crippen LogP contribution in [0.3, 0.4) is 0 Å². The molecular weight excluding hydrogens is 188 g/mol. The third-order valence-corrected chi connectivity index (χ3v) is 3.48. The highest BCUT2D eigenvalue weighted by molar-refractivity contribution is 4.91. The Morgan fingerprint density at radius 3 is 2.80 bits per heavy atom. The standard InChI is InChI=1S/C12H22N2O/c1-12(2)10-14(8-9-15-3)7-5-11(12)4-6-13/h11H,4-5,7-10H2,1-3H3. The van der Waals surface area contributed by atoms with Gasteiger partial charge in [-0.25, -0.2) is 0 Å². The van der Waals surface area contributed by atoms with Gasteiger partial charge in [0.1, 0.15) is 0 Å². The van der Waals surface area contributed by atoms with Gasteiger partial charge >= 0.3 is 0 Å². The number of rotatable bonds is 4. The van der Waals surface area contributed by atoms with Gasteiger partial charge in [0.25, 0.3) is 0 Å². The van der Waals surface area contributed by atoms with E-state index in [0.717, 1.165) is 32.7 Å². The van der Waals surface area contributed by atoms with Crippen LogP contribution in [0.15, 0.2) is 0 Å². The highest BCUT2D eigenvalue weighted by atomic mass is 16.5. The minimum atomic E-state index is 0.266. The average molecular weight is 210 g/mol. The zero-order valence-corrected chi connectivity index (χ0v) is 10.1. The molecule has 86 valence electrons. The molecule has 1 rings (SSSR count). The molecule has 0 aromatic rings. The molecule has 1 aliphatic heterocycles. The molecule has 0 amide bonds. The minimum absolute atomic E-state index is 0.266. The molecule has 1 fully saturated rings. The summed E-state index contributed by atoms with van der Waals surface area (Å²) < 4.78 is 5.09. The maximum Gasteiger partial charge on any atom is 0.0624 e. The molecule has 3 heteroatoms. The average Bonchev–Trinajstić information content (AvgIpc) is 2.18. The maximum absolute atomic E-state index is 8.77. The smallest absolute Gasteiger partial charge is 0.0624 e. The van der Waals surface area contributed by atoms with Crippen LogP contribution in [0.25, 0.3) is 0 Å². The first-order valence-corrected chi connectivity index (χ1v) is 5.68. The number of methoxy groups -OCH3 is 1. The van der Waals surface area contributed by atoms with Gasteiger partial charge in [0, 0.05) is 26.6 Å². The number of hydrogen-bond donors (Lipinski definition) is 0. The molecule has 0 radical (unpaired) electrons. The van der Waals surface area contributed by atoms with Gasteiger partial charge in [0.2, 0.25) is 0 Å². The Bertz CT molecular complexity index is 232. The Labute approximate surface area is 93.0 Å². The molecule has 1 atom stereocenters. The van der Waals surface area contributed by atoms with Crippen LogP contribution in [0.1, 0.15) is 26.7 Å². The van der Waals surface area contributed by atoms with Crippen LogP contribution < -0.4 is 0 Å². The van der Waals surface area contributed by atoms with Crippen LogP contribution in [-0.2, 0) is 4.74 Å². The summed E-state index contributed by atoms with van der Waals surface area (Å²) in [6, 6.07) is 2.31. The lowest BCUT2D eigenvalue weighted by Crippen LogP contribution is -2.46. The van der Waals surface area contributed by atoms with Crippen LogP contribution in [0.5, 0.6) is 0 Å². The van der Waals surface area contributed by atoms with Crippen molar-refractivity contribution in [2.75, 3.05) is 33.4 Å². The van der Waals surface area contributed by atoms with E-state index in [-0.39, 0.29) is 5.41 Å². The molecule has 0 saturated carbocycles. The third-order valence-electron chi connectivity index (χ3n) is 3.48. The molecule has 0 aromatic heterocycles. The highest BCUT2D eigenvalue weighted by Gasteiger charge is 2.35. The monoisotopic (exact) mass is 210 g/mol. The Morgan fingerprint density at radius 2 is 2.27 bits per heavy atom. The van der Waals surface area contributed by atoms with Crippen molar-refractivity contribution in [1.82, 2.24) is 4.90 Å². The SMILES string of the molecule is COCCN1CCC(CC#N)C(C)(C)C1. The predicted molar refractivity (Wildman–Crippen MR) is 60.4 cm³/mol. The second-order valence-electron chi connectivity index (χ2n) is 5.11. The van der Waals surface area contributed by atoms with Crippen molar-refractivity contribution >= 4 is 0 Å². The summed E-state index contributed by atoms with van der Waals surface area (Å²) in [6.45, 7) is 8.56. The van der Waals surface area contributed by atoms with Gasteiger partial charge in [-0.2, -0.15) is 5.26 Å². The molecule has 15 heavy (non-hydrogen) atoms. The van der Waals surface area contributed by atoms with Crippen molar-refractivity contribution < 1.29 is 4.74 Å². The van der Waals surface area contributed by atoms with Gasteiger partial charge in [0.15, 0.2) is 0 Å². The van der Waals surface area contributed by atoms with Gasteiger partial charge in [-0.3, -0.25) is 0 Å². The van der Waals surface area contributed by atoms with E-state index in [0.29, 0.717) is 12.3 Å². The number of nitriles is 1. The van der Waals surface area contributed by atoms with Gasteiger partial charge in [0.05, 0.1) is 12.7 Å². The summed E-state index contributed by atoms with van der Waals surface area (Å²) in [4.78, 5) is 2.44. The van der Waals surface area contributed by atoms with Crippen LogP contribution in [0, 0.1) is 22.7 Å². The van der Waals surface area contributed by atoms with Crippen molar-refractivity contribution in [2.45, 2.75) is 26.7 Å². The first-order valence-electron chi connectivity index (χ1n) is 5.68. The number of nitrogens with zero attached hydrogens (tertiary/aromatic N) is 2. The second-order valence-corrected chi connectivity index (χ2v) is 5.11. The third kappa shape index (κ3) is 3.48. The molecule has 1 heterocycles. The highest BCUT2D eigenvalue weighted by Crippen LogP contribution is 2.36. The quantitative estimate of drug-likeness (QED) is 0.711. The van der Waals surface area contributed by atoms with Crippen LogP contribution >= 0.6 is 0 Å². The molecule has 1 saturated heterocycles. The Balaban J connectivity index is 2.45. The van der Waals surface area contributed by atoms with Crippen molar-refractivity contribution in [2.24, 2.45) is 11.3 Å². The van der Waals surface area contributed by atoms with E-state index >= 15 is 0 Å². The summed E-state index contributed by atoms with van der Waals surface area (Å²) in [5, 5.41) is 8.77. The molecule has 1 aliphatic rings. The zero-order chi connectivity index (χ0) is 11.3. The number of hydrogen-bond acceptors (Lipinski definition) is 3. The predicted octanol–water partition coefficient (Wildman–Crippen LogP) is 1.89. The molecular formula is C12H22N2O. The normalized spacial score (nSPS) is 26.1. The Morgan fingerprint density at radius 1 is 1.53 bits per heavy atom. The summed E-state index contributed by atoms with van der Waals surface area (Å²) in [5.41, 5.74) is 0.266. The van der Waals surface area contributed by atoms with E-state index in [9.17, 15) is 0 Å². The molecule has 1 unspecified atom stereocenters. The molecule has 3 nitrogen and oxygen atoms in total. The fourth-order valence-electron chi connectivity index (χ4n) is 2.41. The Hall–Kier alpha value is -0.590. The number of likely N-dealkylation sites (tertiary alicyclic amines) is 1.